The fraction of sp³-hybridized carbons (Fsp3) is 0.318. The highest BCUT2D eigenvalue weighted by Crippen LogP contribution is 2.22. The monoisotopic (exact) mass is 407 g/mol. The van der Waals surface area contributed by atoms with Crippen molar-refractivity contribution in [3.05, 3.63) is 59.3 Å². The summed E-state index contributed by atoms with van der Waals surface area (Å²) in [5.74, 6) is 1.34. The molecule has 0 radical (unpaired) electrons. The maximum atomic E-state index is 12.2. The molecule has 2 aromatic carbocycles. The third-order valence-electron chi connectivity index (χ3n) is 5.00. The van der Waals surface area contributed by atoms with Crippen molar-refractivity contribution >= 4 is 34.5 Å². The molecule has 7 heteroatoms. The average molecular weight is 408 g/mol. The van der Waals surface area contributed by atoms with Crippen molar-refractivity contribution in [1.29, 1.82) is 0 Å². The number of hydrogen-bond acceptors (Lipinski definition) is 6. The third-order valence-corrected chi connectivity index (χ3v) is 6.18. The normalized spacial score (nSPS) is 19.2. The molecule has 3 N–H and O–H groups in total. The van der Waals surface area contributed by atoms with E-state index in [1.165, 1.54) is 10.5 Å². The van der Waals surface area contributed by atoms with Crippen molar-refractivity contribution in [2.24, 2.45) is 0 Å². The first-order chi connectivity index (χ1) is 14.0. The minimum absolute atomic E-state index is 0.0180. The number of nitrogens with one attached hydrogen (secondary N) is 3. The molecule has 0 saturated carbocycles. The van der Waals surface area contributed by atoms with E-state index in [9.17, 15) is 4.79 Å². The summed E-state index contributed by atoms with van der Waals surface area (Å²) in [6.45, 7) is 6.09. The molecule has 1 amide bonds. The topological polar surface area (TPSA) is 78.9 Å². The van der Waals surface area contributed by atoms with Crippen LogP contribution < -0.4 is 16.0 Å². The standard InChI is InChI=1S/C22H25N5OS/c1-13-7-9-17(10-8-13)29-12-16-11-19(28)25-22(24-16)27-21-23-15(3)18-6-4-5-14(2)20(18)26-21/h4-10,16,22,24H,11-12H2,1-3H3,(H,25,28)(H,23,26,27). The van der Waals surface area contributed by atoms with Crippen LogP contribution in [0, 0.1) is 20.8 Å². The fourth-order valence-electron chi connectivity index (χ4n) is 3.44. The highest BCUT2D eigenvalue weighted by Gasteiger charge is 2.26. The van der Waals surface area contributed by atoms with E-state index in [2.05, 4.69) is 57.1 Å². The molecule has 1 fully saturated rings. The lowest BCUT2D eigenvalue weighted by Crippen LogP contribution is -2.60. The van der Waals surface area contributed by atoms with Gasteiger partial charge in [-0.1, -0.05) is 35.9 Å². The second-order valence-corrected chi connectivity index (χ2v) is 8.53. The number of aromatic nitrogens is 2. The van der Waals surface area contributed by atoms with Crippen LogP contribution in [0.1, 0.15) is 23.2 Å². The summed E-state index contributed by atoms with van der Waals surface area (Å²) < 4.78 is 0. The smallest absolute Gasteiger partial charge is 0.226 e. The third kappa shape index (κ3) is 4.68. The van der Waals surface area contributed by atoms with Crippen molar-refractivity contribution in [1.82, 2.24) is 20.6 Å². The summed E-state index contributed by atoms with van der Waals surface area (Å²) in [6, 6.07) is 14.6. The number of aryl methyl sites for hydroxylation is 3. The molecule has 1 saturated heterocycles. The number of carbonyl (C=O) groups is 1. The van der Waals surface area contributed by atoms with Crippen molar-refractivity contribution < 1.29 is 4.79 Å². The molecule has 150 valence electrons. The number of carbonyl (C=O) groups excluding carboxylic acids is 1. The van der Waals surface area contributed by atoms with Crippen LogP contribution in [0.5, 0.6) is 0 Å². The Kier molecular flexibility index (Phi) is 5.69. The van der Waals surface area contributed by atoms with Crippen LogP contribution in [-0.4, -0.2) is 34.0 Å². The van der Waals surface area contributed by atoms with Gasteiger partial charge < -0.3 is 10.6 Å². The molecule has 2 atom stereocenters. The molecule has 2 unspecified atom stereocenters. The van der Waals surface area contributed by atoms with Gasteiger partial charge in [0.15, 0.2) is 6.29 Å². The minimum atomic E-state index is -0.402. The lowest BCUT2D eigenvalue weighted by Gasteiger charge is -2.32. The molecular formula is C22H25N5OS. The van der Waals surface area contributed by atoms with Crippen LogP contribution in [-0.2, 0) is 4.79 Å². The van der Waals surface area contributed by atoms with E-state index in [4.69, 9.17) is 0 Å². The molecule has 3 aromatic rings. The zero-order chi connectivity index (χ0) is 20.4. The van der Waals surface area contributed by atoms with E-state index in [1.54, 1.807) is 11.8 Å². The van der Waals surface area contributed by atoms with E-state index < -0.39 is 6.29 Å². The Bertz CT molecular complexity index is 1040. The Labute approximate surface area is 174 Å². The summed E-state index contributed by atoms with van der Waals surface area (Å²) >= 11 is 1.75. The quantitative estimate of drug-likeness (QED) is 0.562. The van der Waals surface area contributed by atoms with Crippen LogP contribution in [0.3, 0.4) is 0 Å². The molecule has 29 heavy (non-hydrogen) atoms. The van der Waals surface area contributed by atoms with Gasteiger partial charge >= 0.3 is 0 Å². The summed E-state index contributed by atoms with van der Waals surface area (Å²) in [5.41, 5.74) is 4.18. The lowest BCUT2D eigenvalue weighted by molar-refractivity contribution is -0.123. The number of anilines is 1. The zero-order valence-electron chi connectivity index (χ0n) is 16.8. The van der Waals surface area contributed by atoms with Crippen molar-refractivity contribution in [2.75, 3.05) is 11.1 Å². The summed E-state index contributed by atoms with van der Waals surface area (Å²) in [6.07, 6.45) is 0.0500. The maximum absolute atomic E-state index is 12.2. The van der Waals surface area contributed by atoms with Crippen molar-refractivity contribution in [2.45, 2.75) is 44.4 Å². The SMILES string of the molecule is Cc1ccc(SCC2CC(=O)NC(Nc3nc(C)c4cccc(C)c4n3)N2)cc1. The van der Waals surface area contributed by atoms with Gasteiger partial charge in [0.2, 0.25) is 11.9 Å². The van der Waals surface area contributed by atoms with Crippen LogP contribution in [0.4, 0.5) is 5.95 Å². The molecule has 2 heterocycles. The first-order valence-electron chi connectivity index (χ1n) is 9.73. The molecule has 6 nitrogen and oxygen atoms in total. The van der Waals surface area contributed by atoms with Gasteiger partial charge in [0, 0.05) is 28.5 Å². The number of amides is 1. The Morgan fingerprint density at radius 2 is 1.90 bits per heavy atom. The molecule has 1 aromatic heterocycles. The number of benzene rings is 2. The van der Waals surface area contributed by atoms with E-state index in [-0.39, 0.29) is 11.9 Å². The van der Waals surface area contributed by atoms with E-state index in [1.807, 2.05) is 32.0 Å². The summed E-state index contributed by atoms with van der Waals surface area (Å²) in [4.78, 5) is 22.7. The minimum Gasteiger partial charge on any atom is -0.323 e. The van der Waals surface area contributed by atoms with Crippen LogP contribution >= 0.6 is 11.8 Å². The second-order valence-electron chi connectivity index (χ2n) is 7.44. The molecular weight excluding hydrogens is 382 g/mol. The van der Waals surface area contributed by atoms with Crippen molar-refractivity contribution in [3.8, 4) is 0 Å². The van der Waals surface area contributed by atoms with E-state index in [0.29, 0.717) is 12.4 Å². The van der Waals surface area contributed by atoms with Gasteiger partial charge in [0.25, 0.3) is 0 Å². The predicted octanol–water partition coefficient (Wildman–Crippen LogP) is 3.52. The molecule has 4 rings (SSSR count). The van der Waals surface area contributed by atoms with Gasteiger partial charge in [0.1, 0.15) is 0 Å². The summed E-state index contributed by atoms with van der Waals surface area (Å²) in [7, 11) is 0. The molecule has 1 aliphatic heterocycles. The van der Waals surface area contributed by atoms with Gasteiger partial charge in [-0.3, -0.25) is 10.1 Å². The van der Waals surface area contributed by atoms with Gasteiger partial charge in [-0.25, -0.2) is 9.97 Å². The fourth-order valence-corrected chi connectivity index (χ4v) is 4.38. The highest BCUT2D eigenvalue weighted by atomic mass is 32.2. The second kappa shape index (κ2) is 8.39. The highest BCUT2D eigenvalue weighted by molar-refractivity contribution is 7.99. The van der Waals surface area contributed by atoms with Crippen LogP contribution in [0.15, 0.2) is 47.4 Å². The maximum Gasteiger partial charge on any atom is 0.226 e. The van der Waals surface area contributed by atoms with Gasteiger partial charge in [-0.15, -0.1) is 11.8 Å². The number of thioether (sulfide) groups is 1. The van der Waals surface area contributed by atoms with E-state index >= 15 is 0 Å². The number of fused-ring (bicyclic) bond motifs is 1. The largest absolute Gasteiger partial charge is 0.323 e. The Hall–Kier alpha value is -2.64. The first kappa shape index (κ1) is 19.7. The van der Waals surface area contributed by atoms with Crippen LogP contribution in [0.2, 0.25) is 0 Å². The zero-order valence-corrected chi connectivity index (χ0v) is 17.6. The number of nitrogens with zero attached hydrogens (tertiary/aromatic N) is 2. The average Bonchev–Trinajstić information content (AvgIpc) is 2.68. The Morgan fingerprint density at radius 3 is 2.69 bits per heavy atom. The molecule has 0 aliphatic carbocycles. The van der Waals surface area contributed by atoms with E-state index in [0.717, 1.165) is 27.9 Å². The first-order valence-corrected chi connectivity index (χ1v) is 10.7. The Balaban J connectivity index is 1.44. The van der Waals surface area contributed by atoms with Gasteiger partial charge in [-0.05, 0) is 38.5 Å². The number of para-hydroxylation sites is 1. The van der Waals surface area contributed by atoms with Gasteiger partial charge in [0.05, 0.1) is 11.2 Å². The number of rotatable bonds is 5. The lowest BCUT2D eigenvalue weighted by atomic mass is 10.1. The molecule has 0 spiro atoms. The summed E-state index contributed by atoms with van der Waals surface area (Å²) in [5, 5.41) is 10.7. The number of hydrogen-bond donors (Lipinski definition) is 3. The molecule has 0 bridgehead atoms. The molecule has 1 aliphatic rings. The van der Waals surface area contributed by atoms with Crippen molar-refractivity contribution in [3.63, 3.8) is 0 Å². The van der Waals surface area contributed by atoms with Crippen LogP contribution in [0.25, 0.3) is 10.9 Å². The Morgan fingerprint density at radius 1 is 1.10 bits per heavy atom. The van der Waals surface area contributed by atoms with Gasteiger partial charge in [-0.2, -0.15) is 0 Å². The predicted molar refractivity (Wildman–Crippen MR) is 118 cm³/mol.